The molecule has 3 aromatic rings. The highest BCUT2D eigenvalue weighted by atomic mass is 19.4. The third-order valence-corrected chi connectivity index (χ3v) is 3.45. The molecule has 0 saturated carbocycles. The highest BCUT2D eigenvalue weighted by Gasteiger charge is 2.30. The van der Waals surface area contributed by atoms with Gasteiger partial charge in [-0.1, -0.05) is 24.3 Å². The van der Waals surface area contributed by atoms with Gasteiger partial charge in [0.2, 0.25) is 0 Å². The fraction of sp³-hybridized carbons (Fsp3) is 0.118. The summed E-state index contributed by atoms with van der Waals surface area (Å²) in [7, 11) is 1.92. The lowest BCUT2D eigenvalue weighted by molar-refractivity contribution is -0.137. The van der Waals surface area contributed by atoms with Gasteiger partial charge in [-0.2, -0.15) is 13.2 Å². The first kappa shape index (κ1) is 14.4. The Morgan fingerprint density at radius 2 is 1.82 bits per heavy atom. The predicted molar refractivity (Wildman–Crippen MR) is 81.6 cm³/mol. The van der Waals surface area contributed by atoms with Crippen LogP contribution in [0.2, 0.25) is 0 Å². The SMILES string of the molecule is Cn1cc(C=Nc2cccc(C(F)(F)F)c2)c2ccccc21. The van der Waals surface area contributed by atoms with Crippen LogP contribution in [0.5, 0.6) is 0 Å². The van der Waals surface area contributed by atoms with E-state index in [0.717, 1.165) is 28.6 Å². The largest absolute Gasteiger partial charge is 0.416 e. The topological polar surface area (TPSA) is 17.3 Å². The molecule has 0 aliphatic heterocycles. The molecule has 0 radical (unpaired) electrons. The molecule has 0 amide bonds. The zero-order chi connectivity index (χ0) is 15.7. The monoisotopic (exact) mass is 302 g/mol. The molecule has 0 unspecified atom stereocenters. The Labute approximate surface area is 125 Å². The molecule has 1 aromatic heterocycles. The summed E-state index contributed by atoms with van der Waals surface area (Å²) in [6.45, 7) is 0. The molecule has 0 aliphatic rings. The van der Waals surface area contributed by atoms with E-state index < -0.39 is 11.7 Å². The molecule has 2 aromatic carbocycles. The number of hydrogen-bond acceptors (Lipinski definition) is 1. The number of nitrogens with zero attached hydrogens (tertiary/aromatic N) is 2. The van der Waals surface area contributed by atoms with Crippen molar-refractivity contribution in [3.8, 4) is 0 Å². The first-order valence-corrected chi connectivity index (χ1v) is 6.70. The fourth-order valence-corrected chi connectivity index (χ4v) is 2.38. The van der Waals surface area contributed by atoms with Gasteiger partial charge in [-0.25, -0.2) is 0 Å². The zero-order valence-corrected chi connectivity index (χ0v) is 11.8. The molecule has 0 fully saturated rings. The molecule has 112 valence electrons. The van der Waals surface area contributed by atoms with Gasteiger partial charge in [0.05, 0.1) is 11.3 Å². The summed E-state index contributed by atoms with van der Waals surface area (Å²) >= 11 is 0. The molecule has 22 heavy (non-hydrogen) atoms. The lowest BCUT2D eigenvalue weighted by atomic mass is 10.2. The highest BCUT2D eigenvalue weighted by molar-refractivity contribution is 6.00. The zero-order valence-electron chi connectivity index (χ0n) is 11.8. The number of fused-ring (bicyclic) bond motifs is 1. The van der Waals surface area contributed by atoms with Gasteiger partial charge >= 0.3 is 6.18 Å². The van der Waals surface area contributed by atoms with E-state index in [2.05, 4.69) is 4.99 Å². The van der Waals surface area contributed by atoms with Gasteiger partial charge in [0.1, 0.15) is 0 Å². The number of aryl methyl sites for hydroxylation is 1. The maximum Gasteiger partial charge on any atom is 0.416 e. The van der Waals surface area contributed by atoms with Crippen molar-refractivity contribution >= 4 is 22.8 Å². The molecule has 2 nitrogen and oxygen atoms in total. The maximum absolute atomic E-state index is 12.7. The van der Waals surface area contributed by atoms with Crippen molar-refractivity contribution in [2.24, 2.45) is 12.0 Å². The summed E-state index contributed by atoms with van der Waals surface area (Å²) in [6, 6.07) is 12.8. The van der Waals surface area contributed by atoms with Gasteiger partial charge in [0.25, 0.3) is 0 Å². The van der Waals surface area contributed by atoms with Crippen molar-refractivity contribution in [1.29, 1.82) is 0 Å². The maximum atomic E-state index is 12.7. The van der Waals surface area contributed by atoms with Crippen molar-refractivity contribution in [2.45, 2.75) is 6.18 Å². The second-order valence-corrected chi connectivity index (χ2v) is 5.02. The Balaban J connectivity index is 1.97. The van der Waals surface area contributed by atoms with E-state index in [1.54, 1.807) is 12.3 Å². The molecule has 0 saturated heterocycles. The van der Waals surface area contributed by atoms with Crippen LogP contribution in [-0.4, -0.2) is 10.8 Å². The van der Waals surface area contributed by atoms with E-state index in [4.69, 9.17) is 0 Å². The van der Waals surface area contributed by atoms with Crippen LogP contribution in [0, 0.1) is 0 Å². The van der Waals surface area contributed by atoms with E-state index in [9.17, 15) is 13.2 Å². The van der Waals surface area contributed by atoms with Crippen molar-refractivity contribution in [1.82, 2.24) is 4.57 Å². The van der Waals surface area contributed by atoms with Crippen LogP contribution in [0.4, 0.5) is 18.9 Å². The average Bonchev–Trinajstić information content (AvgIpc) is 2.82. The summed E-state index contributed by atoms with van der Waals surface area (Å²) in [6.07, 6.45) is -0.857. The number of rotatable bonds is 2. The second kappa shape index (κ2) is 5.33. The second-order valence-electron chi connectivity index (χ2n) is 5.02. The molecule has 1 heterocycles. The standard InChI is InChI=1S/C17H13F3N2/c1-22-11-12(15-7-2-3-8-16(15)22)10-21-14-6-4-5-13(9-14)17(18,19)20/h2-11H,1H3. The molecule has 0 spiro atoms. The van der Waals surface area contributed by atoms with Crippen LogP contribution >= 0.6 is 0 Å². The minimum absolute atomic E-state index is 0.280. The number of aromatic nitrogens is 1. The molecule has 0 atom stereocenters. The Morgan fingerprint density at radius 3 is 2.59 bits per heavy atom. The molecule has 3 rings (SSSR count). The van der Waals surface area contributed by atoms with Gasteiger partial charge in [-0.05, 0) is 24.3 Å². The number of aliphatic imine (C=N–C) groups is 1. The summed E-state index contributed by atoms with van der Waals surface area (Å²) in [4.78, 5) is 4.18. The Kier molecular flexibility index (Phi) is 3.48. The summed E-state index contributed by atoms with van der Waals surface area (Å²) in [5.74, 6) is 0. The van der Waals surface area contributed by atoms with Gasteiger partial charge in [-0.15, -0.1) is 0 Å². The van der Waals surface area contributed by atoms with Crippen molar-refractivity contribution < 1.29 is 13.2 Å². The minimum Gasteiger partial charge on any atom is -0.350 e. The first-order chi connectivity index (χ1) is 10.4. The number of hydrogen-bond donors (Lipinski definition) is 0. The van der Waals surface area contributed by atoms with Crippen LogP contribution in [0.25, 0.3) is 10.9 Å². The van der Waals surface area contributed by atoms with E-state index in [1.807, 2.05) is 42.1 Å². The van der Waals surface area contributed by atoms with E-state index in [1.165, 1.54) is 6.07 Å². The molecular formula is C17H13F3N2. The van der Waals surface area contributed by atoms with Crippen LogP contribution < -0.4 is 0 Å². The summed E-state index contributed by atoms with van der Waals surface area (Å²) in [5, 5.41) is 1.01. The summed E-state index contributed by atoms with van der Waals surface area (Å²) in [5.41, 5.74) is 1.51. The van der Waals surface area contributed by atoms with Crippen molar-refractivity contribution in [3.05, 3.63) is 65.9 Å². The van der Waals surface area contributed by atoms with Gasteiger partial charge in [-0.3, -0.25) is 4.99 Å². The van der Waals surface area contributed by atoms with E-state index >= 15 is 0 Å². The number of para-hydroxylation sites is 1. The first-order valence-electron chi connectivity index (χ1n) is 6.70. The van der Waals surface area contributed by atoms with Gasteiger partial charge in [0.15, 0.2) is 0 Å². The highest BCUT2D eigenvalue weighted by Crippen LogP contribution is 2.31. The third kappa shape index (κ3) is 2.74. The van der Waals surface area contributed by atoms with Crippen LogP contribution in [-0.2, 0) is 13.2 Å². The van der Waals surface area contributed by atoms with Gasteiger partial charge < -0.3 is 4.57 Å². The summed E-state index contributed by atoms with van der Waals surface area (Å²) < 4.78 is 40.0. The number of halogens is 3. The number of alkyl halides is 3. The quantitative estimate of drug-likeness (QED) is 0.596. The molecule has 5 heteroatoms. The molecule has 0 N–H and O–H groups in total. The van der Waals surface area contributed by atoms with Gasteiger partial charge in [0, 0.05) is 35.9 Å². The minimum atomic E-state index is -4.36. The van der Waals surface area contributed by atoms with Crippen molar-refractivity contribution in [2.75, 3.05) is 0 Å². The average molecular weight is 302 g/mol. The molecular weight excluding hydrogens is 289 g/mol. The lowest BCUT2D eigenvalue weighted by Gasteiger charge is -2.06. The Morgan fingerprint density at radius 1 is 1.05 bits per heavy atom. The van der Waals surface area contributed by atoms with E-state index in [-0.39, 0.29) is 5.69 Å². The van der Waals surface area contributed by atoms with E-state index in [0.29, 0.717) is 0 Å². The smallest absolute Gasteiger partial charge is 0.350 e. The predicted octanol–water partition coefficient (Wildman–Crippen LogP) is 4.95. The number of benzene rings is 2. The van der Waals surface area contributed by atoms with Crippen LogP contribution in [0.15, 0.2) is 59.7 Å². The normalized spacial score (nSPS) is 12.4. The third-order valence-electron chi connectivity index (χ3n) is 3.45. The molecule has 0 aliphatic carbocycles. The van der Waals surface area contributed by atoms with Crippen LogP contribution in [0.3, 0.4) is 0 Å². The Bertz CT molecular complexity index is 844. The molecule has 0 bridgehead atoms. The lowest BCUT2D eigenvalue weighted by Crippen LogP contribution is -2.03. The fourth-order valence-electron chi connectivity index (χ4n) is 2.38. The van der Waals surface area contributed by atoms with Crippen LogP contribution in [0.1, 0.15) is 11.1 Å². The Hall–Kier alpha value is -2.56. The van der Waals surface area contributed by atoms with Crippen molar-refractivity contribution in [3.63, 3.8) is 0 Å².